The van der Waals surface area contributed by atoms with E-state index in [1.165, 1.54) is 6.92 Å². The fraction of sp³-hybridized carbons (Fsp3) is 0.684. The second-order valence-electron chi connectivity index (χ2n) is 8.03. The quantitative estimate of drug-likeness (QED) is 0.119. The predicted molar refractivity (Wildman–Crippen MR) is 113 cm³/mol. The Kier molecular flexibility index (Phi) is 12.6. The first-order valence-corrected chi connectivity index (χ1v) is 10.2. The van der Waals surface area contributed by atoms with E-state index in [0.717, 1.165) is 0 Å². The van der Waals surface area contributed by atoms with Crippen molar-refractivity contribution >= 4 is 35.6 Å². The molecule has 0 aromatic heterocycles. The number of hydrogen-bond donors (Lipinski definition) is 8. The minimum atomic E-state index is -1.74. The SMILES string of the molecule is CC(C)CC(N)C(=O)NC(C(=O)NC(CC(=O)O)C(=O)NC(CCC(N)=O)C(=O)O)C(C)O. The lowest BCUT2D eigenvalue weighted by Gasteiger charge is -2.26. The van der Waals surface area contributed by atoms with Gasteiger partial charge in [-0.2, -0.15) is 0 Å². The van der Waals surface area contributed by atoms with Crippen molar-refractivity contribution < 1.29 is 44.1 Å². The van der Waals surface area contributed by atoms with Crippen LogP contribution in [0, 0.1) is 5.92 Å². The third-order valence-corrected chi connectivity index (χ3v) is 4.43. The number of nitrogens with one attached hydrogen (secondary N) is 3. The Morgan fingerprint density at radius 2 is 1.39 bits per heavy atom. The van der Waals surface area contributed by atoms with Crippen molar-refractivity contribution in [2.45, 2.75) is 76.7 Å². The standard InChI is InChI=1S/C19H33N5O9/c1-8(2)6-10(20)16(29)24-15(9(3)25)18(31)23-12(7-14(27)28)17(30)22-11(19(32)33)4-5-13(21)26/h8-12,15,25H,4-7,20H2,1-3H3,(H2,21,26)(H,22,30)(H,23,31)(H,24,29)(H,27,28)(H,32,33). The molecule has 0 radical (unpaired) electrons. The number of primary amides is 1. The van der Waals surface area contributed by atoms with Gasteiger partial charge < -0.3 is 42.7 Å². The van der Waals surface area contributed by atoms with Crippen LogP contribution in [0.4, 0.5) is 0 Å². The number of carboxylic acids is 2. The molecule has 188 valence electrons. The number of aliphatic hydroxyl groups is 1. The van der Waals surface area contributed by atoms with E-state index in [2.05, 4.69) is 10.6 Å². The molecule has 5 atom stereocenters. The lowest BCUT2D eigenvalue weighted by molar-refractivity contribution is -0.144. The largest absolute Gasteiger partial charge is 0.481 e. The van der Waals surface area contributed by atoms with Gasteiger partial charge in [0.25, 0.3) is 0 Å². The van der Waals surface area contributed by atoms with Gasteiger partial charge in [0.15, 0.2) is 0 Å². The zero-order valence-corrected chi connectivity index (χ0v) is 18.7. The summed E-state index contributed by atoms with van der Waals surface area (Å²) in [6, 6.07) is -5.85. The number of carbonyl (C=O) groups is 6. The van der Waals surface area contributed by atoms with Crippen molar-refractivity contribution in [2.24, 2.45) is 17.4 Å². The molecule has 0 rings (SSSR count). The van der Waals surface area contributed by atoms with Crippen LogP contribution in [0.25, 0.3) is 0 Å². The van der Waals surface area contributed by atoms with Gasteiger partial charge in [0.1, 0.15) is 18.1 Å². The molecular formula is C19H33N5O9. The third-order valence-electron chi connectivity index (χ3n) is 4.43. The fourth-order valence-electron chi connectivity index (χ4n) is 2.74. The topological polar surface area (TPSA) is 251 Å². The Labute approximate surface area is 190 Å². The maximum absolute atomic E-state index is 12.6. The van der Waals surface area contributed by atoms with Gasteiger partial charge in [0, 0.05) is 6.42 Å². The minimum Gasteiger partial charge on any atom is -0.481 e. The number of carbonyl (C=O) groups excluding carboxylic acids is 4. The smallest absolute Gasteiger partial charge is 0.326 e. The van der Waals surface area contributed by atoms with E-state index >= 15 is 0 Å². The van der Waals surface area contributed by atoms with Gasteiger partial charge in [0.2, 0.25) is 23.6 Å². The zero-order valence-electron chi connectivity index (χ0n) is 18.7. The van der Waals surface area contributed by atoms with E-state index in [4.69, 9.17) is 16.6 Å². The first kappa shape index (κ1) is 29.7. The molecule has 0 heterocycles. The van der Waals surface area contributed by atoms with Gasteiger partial charge in [-0.25, -0.2) is 4.79 Å². The summed E-state index contributed by atoms with van der Waals surface area (Å²) in [5, 5.41) is 34.6. The normalized spacial score (nSPS) is 15.5. The fourth-order valence-corrected chi connectivity index (χ4v) is 2.74. The molecule has 10 N–H and O–H groups in total. The Balaban J connectivity index is 5.45. The van der Waals surface area contributed by atoms with Gasteiger partial charge in [0.05, 0.1) is 18.6 Å². The summed E-state index contributed by atoms with van der Waals surface area (Å²) in [6.45, 7) is 4.85. The van der Waals surface area contributed by atoms with Crippen LogP contribution in [0.1, 0.15) is 46.5 Å². The number of aliphatic hydroxyl groups excluding tert-OH is 1. The molecule has 0 aliphatic rings. The van der Waals surface area contributed by atoms with Crippen molar-refractivity contribution in [3.8, 4) is 0 Å². The summed E-state index contributed by atoms with van der Waals surface area (Å²) in [5.74, 6) is -6.70. The van der Waals surface area contributed by atoms with Gasteiger partial charge in [-0.15, -0.1) is 0 Å². The summed E-state index contributed by atoms with van der Waals surface area (Å²) < 4.78 is 0. The van der Waals surface area contributed by atoms with E-state index in [-0.39, 0.29) is 18.8 Å². The van der Waals surface area contributed by atoms with E-state index in [9.17, 15) is 39.0 Å². The van der Waals surface area contributed by atoms with Crippen LogP contribution < -0.4 is 27.4 Å². The van der Waals surface area contributed by atoms with Crippen LogP contribution in [0.3, 0.4) is 0 Å². The van der Waals surface area contributed by atoms with Crippen LogP contribution in [0.2, 0.25) is 0 Å². The molecule has 4 amide bonds. The van der Waals surface area contributed by atoms with Crippen LogP contribution >= 0.6 is 0 Å². The highest BCUT2D eigenvalue weighted by atomic mass is 16.4. The highest BCUT2D eigenvalue weighted by Gasteiger charge is 2.33. The average Bonchev–Trinajstić information content (AvgIpc) is 2.66. The number of rotatable bonds is 15. The molecule has 0 bridgehead atoms. The van der Waals surface area contributed by atoms with Gasteiger partial charge in [-0.05, 0) is 25.7 Å². The van der Waals surface area contributed by atoms with Gasteiger partial charge in [-0.3, -0.25) is 24.0 Å². The molecular weight excluding hydrogens is 442 g/mol. The Morgan fingerprint density at radius 1 is 0.848 bits per heavy atom. The first-order chi connectivity index (χ1) is 15.1. The third kappa shape index (κ3) is 11.8. The van der Waals surface area contributed by atoms with Crippen molar-refractivity contribution in [1.29, 1.82) is 0 Å². The summed E-state index contributed by atoms with van der Waals surface area (Å²) >= 11 is 0. The van der Waals surface area contributed by atoms with Crippen LogP contribution in [0.5, 0.6) is 0 Å². The molecule has 5 unspecified atom stereocenters. The monoisotopic (exact) mass is 475 g/mol. The number of hydrogen-bond acceptors (Lipinski definition) is 8. The lowest BCUT2D eigenvalue weighted by Crippen LogP contribution is -2.60. The first-order valence-electron chi connectivity index (χ1n) is 10.2. The van der Waals surface area contributed by atoms with E-state index in [1.807, 2.05) is 19.2 Å². The molecule has 14 nitrogen and oxygen atoms in total. The highest BCUT2D eigenvalue weighted by molar-refractivity contribution is 5.95. The summed E-state index contributed by atoms with van der Waals surface area (Å²) in [7, 11) is 0. The lowest BCUT2D eigenvalue weighted by atomic mass is 10.0. The van der Waals surface area contributed by atoms with Gasteiger partial charge >= 0.3 is 11.9 Å². The number of nitrogens with two attached hydrogens (primary N) is 2. The molecule has 0 spiro atoms. The van der Waals surface area contributed by atoms with Crippen LogP contribution in [-0.4, -0.2) is 81.2 Å². The molecule has 0 aromatic carbocycles. The Morgan fingerprint density at radius 3 is 1.82 bits per heavy atom. The van der Waals surface area contributed by atoms with E-state index in [1.54, 1.807) is 0 Å². The van der Waals surface area contributed by atoms with Crippen molar-refractivity contribution in [2.75, 3.05) is 0 Å². The maximum Gasteiger partial charge on any atom is 0.326 e. The zero-order chi connectivity index (χ0) is 25.9. The highest BCUT2D eigenvalue weighted by Crippen LogP contribution is 2.05. The minimum absolute atomic E-state index is 0.0740. The number of carboxylic acid groups (broad SMARTS) is 2. The van der Waals surface area contributed by atoms with Crippen LogP contribution in [-0.2, 0) is 28.8 Å². The van der Waals surface area contributed by atoms with E-state index in [0.29, 0.717) is 6.42 Å². The molecule has 0 saturated heterocycles. The predicted octanol–water partition coefficient (Wildman–Crippen LogP) is -2.98. The molecule has 0 saturated carbocycles. The van der Waals surface area contributed by atoms with Crippen molar-refractivity contribution in [1.82, 2.24) is 16.0 Å². The van der Waals surface area contributed by atoms with Crippen molar-refractivity contribution in [3.63, 3.8) is 0 Å². The molecule has 33 heavy (non-hydrogen) atoms. The molecule has 0 aliphatic carbocycles. The molecule has 0 aromatic rings. The summed E-state index contributed by atoms with van der Waals surface area (Å²) in [6.07, 6.45) is -2.78. The van der Waals surface area contributed by atoms with Crippen molar-refractivity contribution in [3.05, 3.63) is 0 Å². The molecule has 0 aliphatic heterocycles. The number of aliphatic carboxylic acids is 2. The van der Waals surface area contributed by atoms with E-state index < -0.39 is 72.3 Å². The Bertz CT molecular complexity index is 741. The second kappa shape index (κ2) is 14.0. The summed E-state index contributed by atoms with van der Waals surface area (Å²) in [4.78, 5) is 70.7. The second-order valence-corrected chi connectivity index (χ2v) is 8.03. The van der Waals surface area contributed by atoms with Gasteiger partial charge in [-0.1, -0.05) is 13.8 Å². The number of amides is 4. The maximum atomic E-state index is 12.6. The molecule has 0 fully saturated rings. The Hall–Kier alpha value is -3.26. The van der Waals surface area contributed by atoms with Crippen LogP contribution in [0.15, 0.2) is 0 Å². The average molecular weight is 475 g/mol. The molecule has 14 heteroatoms. The summed E-state index contributed by atoms with van der Waals surface area (Å²) in [5.41, 5.74) is 10.7.